The highest BCUT2D eigenvalue weighted by atomic mass is 16.2. The normalized spacial score (nSPS) is 19.6. The molecule has 1 saturated carbocycles. The molecule has 2 heterocycles. The fourth-order valence-electron chi connectivity index (χ4n) is 2.76. The number of nitrogens with one attached hydrogen (secondary N) is 2. The lowest BCUT2D eigenvalue weighted by atomic mass is 10.2. The summed E-state index contributed by atoms with van der Waals surface area (Å²) in [7, 11) is 0. The monoisotopic (exact) mass is 291 g/mol. The van der Waals surface area contributed by atoms with Gasteiger partial charge in [-0.15, -0.1) is 0 Å². The molecule has 3 rings (SSSR count). The Labute approximate surface area is 123 Å². The number of amides is 2. The summed E-state index contributed by atoms with van der Waals surface area (Å²) in [6.07, 6.45) is 4.22. The molecule has 0 radical (unpaired) electrons. The van der Waals surface area contributed by atoms with Crippen molar-refractivity contribution in [3.05, 3.63) is 11.4 Å². The maximum absolute atomic E-state index is 12.2. The zero-order chi connectivity index (χ0) is 15.0. The minimum Gasteiger partial charge on any atom is -0.395 e. The van der Waals surface area contributed by atoms with E-state index in [4.69, 9.17) is 5.73 Å². The lowest BCUT2D eigenvalue weighted by Crippen LogP contribution is -2.46. The number of aromatic amines is 1. The summed E-state index contributed by atoms with van der Waals surface area (Å²) in [5.41, 5.74) is 7.42. The van der Waals surface area contributed by atoms with Gasteiger partial charge in [0.05, 0.1) is 11.4 Å². The Hall–Kier alpha value is -2.05. The summed E-state index contributed by atoms with van der Waals surface area (Å²) in [4.78, 5) is 26.2. The molecule has 1 aromatic rings. The Bertz CT molecular complexity index is 558. The van der Waals surface area contributed by atoms with Crippen LogP contribution in [0.1, 0.15) is 54.7 Å². The Kier molecular flexibility index (Phi) is 3.57. The molecule has 0 aromatic carbocycles. The molecule has 1 aliphatic heterocycles. The number of nitrogens with zero attached hydrogens (tertiary/aromatic N) is 2. The Balaban J connectivity index is 1.64. The van der Waals surface area contributed by atoms with Crippen molar-refractivity contribution in [1.29, 1.82) is 0 Å². The average molecular weight is 291 g/mol. The van der Waals surface area contributed by atoms with Gasteiger partial charge >= 0.3 is 0 Å². The van der Waals surface area contributed by atoms with Crippen LogP contribution in [0.15, 0.2) is 0 Å². The average Bonchev–Trinajstić information content (AvgIpc) is 3.01. The van der Waals surface area contributed by atoms with Crippen LogP contribution in [0.4, 0.5) is 5.69 Å². The fraction of sp³-hybridized carbons (Fsp3) is 0.643. The number of hydrogen-bond donors (Lipinski definition) is 3. The van der Waals surface area contributed by atoms with Crippen LogP contribution in [-0.2, 0) is 4.79 Å². The van der Waals surface area contributed by atoms with Crippen molar-refractivity contribution in [3.63, 3.8) is 0 Å². The van der Waals surface area contributed by atoms with Gasteiger partial charge in [0.2, 0.25) is 5.91 Å². The molecule has 1 atom stereocenters. The highest BCUT2D eigenvalue weighted by Gasteiger charge is 2.31. The third kappa shape index (κ3) is 2.72. The number of aromatic nitrogens is 2. The van der Waals surface area contributed by atoms with Crippen LogP contribution in [0.5, 0.6) is 0 Å². The topological polar surface area (TPSA) is 104 Å². The minimum absolute atomic E-state index is 0.0441. The summed E-state index contributed by atoms with van der Waals surface area (Å²) >= 11 is 0. The maximum Gasteiger partial charge on any atom is 0.274 e. The highest BCUT2D eigenvalue weighted by Crippen LogP contribution is 2.42. The second kappa shape index (κ2) is 5.38. The number of H-pyrrole nitrogens is 1. The van der Waals surface area contributed by atoms with Gasteiger partial charge < -0.3 is 16.0 Å². The van der Waals surface area contributed by atoms with E-state index >= 15 is 0 Å². The zero-order valence-electron chi connectivity index (χ0n) is 12.2. The summed E-state index contributed by atoms with van der Waals surface area (Å²) in [6.45, 7) is 3.24. The number of nitrogen functional groups attached to an aromatic ring is 1. The molecule has 4 N–H and O–H groups in total. The number of carbonyl (C=O) groups is 2. The Morgan fingerprint density at radius 3 is 2.67 bits per heavy atom. The second-order valence-electron chi connectivity index (χ2n) is 5.90. The van der Waals surface area contributed by atoms with Gasteiger partial charge in [-0.1, -0.05) is 0 Å². The summed E-state index contributed by atoms with van der Waals surface area (Å²) in [6, 6.07) is -0.559. The molecule has 2 fully saturated rings. The predicted octanol–water partition coefficient (Wildman–Crippen LogP) is 0.610. The first-order valence-electron chi connectivity index (χ1n) is 7.51. The van der Waals surface area contributed by atoms with E-state index in [1.54, 1.807) is 11.8 Å². The summed E-state index contributed by atoms with van der Waals surface area (Å²) in [5, 5.41) is 9.54. The molecule has 1 unspecified atom stereocenters. The first-order valence-corrected chi connectivity index (χ1v) is 7.51. The molecule has 7 nitrogen and oxygen atoms in total. The maximum atomic E-state index is 12.2. The van der Waals surface area contributed by atoms with Crippen molar-refractivity contribution in [2.24, 2.45) is 0 Å². The molecule has 1 aromatic heterocycles. The van der Waals surface area contributed by atoms with Crippen molar-refractivity contribution >= 4 is 17.5 Å². The SMILES string of the molecule is CC(NC(=O)c1n[nH]c(C2CC2)c1N)C(=O)N1CCCC1. The van der Waals surface area contributed by atoms with E-state index in [9.17, 15) is 9.59 Å². The summed E-state index contributed by atoms with van der Waals surface area (Å²) < 4.78 is 0. The van der Waals surface area contributed by atoms with Gasteiger partial charge in [-0.05, 0) is 32.6 Å². The molecular formula is C14H21N5O2. The lowest BCUT2D eigenvalue weighted by molar-refractivity contribution is -0.131. The fourth-order valence-corrected chi connectivity index (χ4v) is 2.76. The Morgan fingerprint density at radius 1 is 1.38 bits per heavy atom. The van der Waals surface area contributed by atoms with Crippen molar-refractivity contribution in [2.45, 2.75) is 44.6 Å². The van der Waals surface area contributed by atoms with E-state index < -0.39 is 11.9 Å². The number of anilines is 1. The van der Waals surface area contributed by atoms with Crippen molar-refractivity contribution < 1.29 is 9.59 Å². The summed E-state index contributed by atoms with van der Waals surface area (Å²) in [5.74, 6) is -0.0317. The van der Waals surface area contributed by atoms with E-state index in [0.29, 0.717) is 11.6 Å². The number of hydrogen-bond acceptors (Lipinski definition) is 4. The minimum atomic E-state index is -0.559. The molecule has 0 bridgehead atoms. The standard InChI is InChI=1S/C14H21N5O2/c1-8(14(21)19-6-2-3-7-19)16-13(20)12-10(15)11(17-18-12)9-4-5-9/h8-9H,2-7,15H2,1H3,(H,16,20)(H,17,18). The molecule has 2 aliphatic rings. The lowest BCUT2D eigenvalue weighted by Gasteiger charge is -2.20. The van der Waals surface area contributed by atoms with Crippen LogP contribution >= 0.6 is 0 Å². The number of nitrogens with two attached hydrogens (primary N) is 1. The van der Waals surface area contributed by atoms with Gasteiger partial charge in [0.1, 0.15) is 6.04 Å². The smallest absolute Gasteiger partial charge is 0.274 e. The van der Waals surface area contributed by atoms with E-state index in [1.807, 2.05) is 0 Å². The van der Waals surface area contributed by atoms with E-state index in [2.05, 4.69) is 15.5 Å². The van der Waals surface area contributed by atoms with Gasteiger partial charge in [-0.25, -0.2) is 0 Å². The van der Waals surface area contributed by atoms with Crippen LogP contribution in [0, 0.1) is 0 Å². The number of rotatable bonds is 4. The second-order valence-corrected chi connectivity index (χ2v) is 5.90. The Morgan fingerprint density at radius 2 is 2.05 bits per heavy atom. The predicted molar refractivity (Wildman–Crippen MR) is 77.7 cm³/mol. The van der Waals surface area contributed by atoms with E-state index in [-0.39, 0.29) is 11.6 Å². The molecule has 2 amide bonds. The molecular weight excluding hydrogens is 270 g/mol. The van der Waals surface area contributed by atoms with Gasteiger partial charge in [-0.3, -0.25) is 14.7 Å². The number of likely N-dealkylation sites (tertiary alicyclic amines) is 1. The van der Waals surface area contributed by atoms with Crippen molar-refractivity contribution in [1.82, 2.24) is 20.4 Å². The highest BCUT2D eigenvalue weighted by molar-refractivity contribution is 6.00. The van der Waals surface area contributed by atoms with E-state index in [0.717, 1.165) is 44.5 Å². The first-order chi connectivity index (χ1) is 10.1. The van der Waals surface area contributed by atoms with Crippen LogP contribution in [0.25, 0.3) is 0 Å². The zero-order valence-corrected chi connectivity index (χ0v) is 12.2. The van der Waals surface area contributed by atoms with Crippen LogP contribution in [0.3, 0.4) is 0 Å². The van der Waals surface area contributed by atoms with Crippen molar-refractivity contribution in [3.8, 4) is 0 Å². The van der Waals surface area contributed by atoms with Gasteiger partial charge in [-0.2, -0.15) is 5.10 Å². The van der Waals surface area contributed by atoms with Gasteiger partial charge in [0.25, 0.3) is 5.91 Å². The number of carbonyl (C=O) groups excluding carboxylic acids is 2. The van der Waals surface area contributed by atoms with Gasteiger partial charge in [0.15, 0.2) is 5.69 Å². The molecule has 7 heteroatoms. The van der Waals surface area contributed by atoms with Crippen molar-refractivity contribution in [2.75, 3.05) is 18.8 Å². The van der Waals surface area contributed by atoms with E-state index in [1.165, 1.54) is 0 Å². The molecule has 114 valence electrons. The molecule has 1 saturated heterocycles. The van der Waals surface area contributed by atoms with Crippen LogP contribution in [0.2, 0.25) is 0 Å². The molecule has 21 heavy (non-hydrogen) atoms. The first kappa shape index (κ1) is 13.9. The third-order valence-corrected chi connectivity index (χ3v) is 4.17. The quantitative estimate of drug-likeness (QED) is 0.756. The van der Waals surface area contributed by atoms with Gasteiger partial charge in [0, 0.05) is 19.0 Å². The largest absolute Gasteiger partial charge is 0.395 e. The van der Waals surface area contributed by atoms with Crippen LogP contribution < -0.4 is 11.1 Å². The molecule has 1 aliphatic carbocycles. The van der Waals surface area contributed by atoms with Crippen LogP contribution in [-0.4, -0.2) is 46.0 Å². The third-order valence-electron chi connectivity index (χ3n) is 4.17. The molecule has 0 spiro atoms.